The molecule has 3 heterocycles. The Morgan fingerprint density at radius 2 is 2.00 bits per heavy atom. The minimum atomic E-state index is -0.154. The number of carbonyl (C=O) groups is 2. The van der Waals surface area contributed by atoms with Crippen LogP contribution in [-0.2, 0) is 4.79 Å². The number of aromatic nitrogens is 1. The van der Waals surface area contributed by atoms with E-state index in [0.717, 1.165) is 42.4 Å². The molecule has 28 heavy (non-hydrogen) atoms. The second kappa shape index (κ2) is 8.74. The van der Waals surface area contributed by atoms with E-state index in [1.807, 2.05) is 25.3 Å². The van der Waals surface area contributed by atoms with Gasteiger partial charge in [-0.05, 0) is 13.8 Å². The zero-order chi connectivity index (χ0) is 20.3. The normalized spacial score (nSPS) is 15.1. The molecule has 9 heteroatoms. The van der Waals surface area contributed by atoms with Crippen LogP contribution in [0.2, 0.25) is 0 Å². The first-order valence-electron chi connectivity index (χ1n) is 9.38. The molecule has 0 atom stereocenters. The number of anilines is 1. The summed E-state index contributed by atoms with van der Waals surface area (Å²) in [7, 11) is 3.24. The highest BCUT2D eigenvalue weighted by atomic mass is 32.1. The van der Waals surface area contributed by atoms with Gasteiger partial charge in [0.1, 0.15) is 11.6 Å². The molecule has 3 rings (SSSR count). The topological polar surface area (TPSA) is 86.8 Å². The molecule has 8 nitrogen and oxygen atoms in total. The molecule has 2 aromatic heterocycles. The first-order chi connectivity index (χ1) is 13.4. The van der Waals surface area contributed by atoms with Gasteiger partial charge in [-0.15, -0.1) is 11.3 Å². The second-order valence-corrected chi connectivity index (χ2v) is 7.95. The Labute approximate surface area is 168 Å². The van der Waals surface area contributed by atoms with E-state index in [9.17, 15) is 9.59 Å². The van der Waals surface area contributed by atoms with Crippen LogP contribution in [0.4, 0.5) is 5.82 Å². The Balaban J connectivity index is 1.75. The number of piperazine rings is 1. The number of hydrogen-bond acceptors (Lipinski definition) is 7. The molecule has 0 bridgehead atoms. The van der Waals surface area contributed by atoms with Gasteiger partial charge in [0, 0.05) is 50.7 Å². The quantitative estimate of drug-likeness (QED) is 0.754. The Hall–Kier alpha value is -2.39. The molecular weight excluding hydrogens is 378 g/mol. The molecule has 1 saturated heterocycles. The molecule has 1 aliphatic rings. The van der Waals surface area contributed by atoms with Gasteiger partial charge < -0.3 is 20.3 Å². The molecule has 2 N–H and O–H groups in total. The third-order valence-corrected chi connectivity index (χ3v) is 5.66. The standard InChI is InChI=1S/C19H27N5O3S/c1-12(2)21-16(25)10-23-5-7-24(8-6-23)15-9-14(27-4)18-17(22-15)13(11-28-18)19(26)20-3/h9,11-12H,5-8,10H2,1-4H3,(H,20,26)(H,21,25). The minimum Gasteiger partial charge on any atom is -0.495 e. The Kier molecular flexibility index (Phi) is 6.35. The minimum absolute atomic E-state index is 0.0538. The predicted octanol–water partition coefficient (Wildman–Crippen LogP) is 1.31. The first-order valence-corrected chi connectivity index (χ1v) is 10.3. The van der Waals surface area contributed by atoms with Crippen LogP contribution in [-0.4, -0.2) is 74.6 Å². The smallest absolute Gasteiger partial charge is 0.254 e. The number of hydrogen-bond donors (Lipinski definition) is 2. The first kappa shape index (κ1) is 20.3. The summed E-state index contributed by atoms with van der Waals surface area (Å²) in [6.07, 6.45) is 0. The van der Waals surface area contributed by atoms with E-state index in [1.165, 1.54) is 11.3 Å². The fraction of sp³-hybridized carbons (Fsp3) is 0.526. The Morgan fingerprint density at radius 1 is 1.29 bits per heavy atom. The number of methoxy groups -OCH3 is 1. The van der Waals surface area contributed by atoms with Crippen LogP contribution in [0.3, 0.4) is 0 Å². The number of carbonyl (C=O) groups excluding carboxylic acids is 2. The largest absolute Gasteiger partial charge is 0.495 e. The van der Waals surface area contributed by atoms with Crippen molar-refractivity contribution in [2.75, 3.05) is 51.8 Å². The number of ether oxygens (including phenoxy) is 1. The molecule has 1 aliphatic heterocycles. The van der Waals surface area contributed by atoms with E-state index in [4.69, 9.17) is 9.72 Å². The lowest BCUT2D eigenvalue weighted by molar-refractivity contribution is -0.122. The highest BCUT2D eigenvalue weighted by molar-refractivity contribution is 7.18. The molecule has 0 aliphatic carbocycles. The Morgan fingerprint density at radius 3 is 2.61 bits per heavy atom. The molecule has 0 radical (unpaired) electrons. The number of nitrogens with zero attached hydrogens (tertiary/aromatic N) is 3. The Bertz CT molecular complexity index is 859. The zero-order valence-corrected chi connectivity index (χ0v) is 17.6. The molecule has 152 valence electrons. The molecular formula is C19H27N5O3S. The van der Waals surface area contributed by atoms with E-state index < -0.39 is 0 Å². The number of thiophene rings is 1. The monoisotopic (exact) mass is 405 g/mol. The van der Waals surface area contributed by atoms with Crippen molar-refractivity contribution in [1.29, 1.82) is 0 Å². The van der Waals surface area contributed by atoms with Crippen molar-refractivity contribution < 1.29 is 14.3 Å². The van der Waals surface area contributed by atoms with Crippen molar-refractivity contribution in [2.45, 2.75) is 19.9 Å². The van der Waals surface area contributed by atoms with E-state index in [0.29, 0.717) is 17.6 Å². The van der Waals surface area contributed by atoms with Gasteiger partial charge in [0.05, 0.1) is 29.4 Å². The van der Waals surface area contributed by atoms with Crippen LogP contribution < -0.4 is 20.3 Å². The molecule has 1 fully saturated rings. The van der Waals surface area contributed by atoms with E-state index in [1.54, 1.807) is 14.2 Å². The summed E-state index contributed by atoms with van der Waals surface area (Å²) in [6, 6.07) is 2.07. The molecule has 0 saturated carbocycles. The average Bonchev–Trinajstić information content (AvgIpc) is 3.10. The maximum atomic E-state index is 12.2. The van der Waals surface area contributed by atoms with E-state index in [2.05, 4.69) is 20.4 Å². The van der Waals surface area contributed by atoms with Gasteiger partial charge in [-0.25, -0.2) is 4.98 Å². The lowest BCUT2D eigenvalue weighted by Crippen LogP contribution is -2.50. The third kappa shape index (κ3) is 4.36. The van der Waals surface area contributed by atoms with Crippen molar-refractivity contribution in [1.82, 2.24) is 20.5 Å². The number of pyridine rings is 1. The average molecular weight is 406 g/mol. The van der Waals surface area contributed by atoms with Gasteiger partial charge in [0.2, 0.25) is 5.91 Å². The molecule has 0 aromatic carbocycles. The van der Waals surface area contributed by atoms with Crippen LogP contribution in [0.1, 0.15) is 24.2 Å². The fourth-order valence-electron chi connectivity index (χ4n) is 3.28. The van der Waals surface area contributed by atoms with Gasteiger partial charge in [0.25, 0.3) is 5.91 Å². The third-order valence-electron chi connectivity index (χ3n) is 4.68. The summed E-state index contributed by atoms with van der Waals surface area (Å²) in [5.74, 6) is 1.41. The molecule has 0 unspecified atom stereocenters. The highest BCUT2D eigenvalue weighted by Crippen LogP contribution is 2.35. The van der Waals surface area contributed by atoms with E-state index >= 15 is 0 Å². The van der Waals surface area contributed by atoms with Crippen molar-refractivity contribution in [3.05, 3.63) is 17.0 Å². The van der Waals surface area contributed by atoms with E-state index in [-0.39, 0.29) is 17.9 Å². The summed E-state index contributed by atoms with van der Waals surface area (Å²) in [6.45, 7) is 7.41. The number of amides is 2. The SMILES string of the molecule is CNC(=O)c1csc2c(OC)cc(N3CCN(CC(=O)NC(C)C)CC3)nc12. The predicted molar refractivity (Wildman–Crippen MR) is 111 cm³/mol. The second-order valence-electron chi connectivity index (χ2n) is 7.07. The maximum absolute atomic E-state index is 12.2. The van der Waals surface area contributed by atoms with Crippen LogP contribution in [0.15, 0.2) is 11.4 Å². The summed E-state index contributed by atoms with van der Waals surface area (Å²) in [4.78, 5) is 33.2. The highest BCUT2D eigenvalue weighted by Gasteiger charge is 2.23. The van der Waals surface area contributed by atoms with Crippen molar-refractivity contribution in [2.24, 2.45) is 0 Å². The van der Waals surface area contributed by atoms with Crippen molar-refractivity contribution in [3.63, 3.8) is 0 Å². The van der Waals surface area contributed by atoms with Crippen LogP contribution in [0.25, 0.3) is 10.2 Å². The van der Waals surface area contributed by atoms with Crippen molar-refractivity contribution in [3.8, 4) is 5.75 Å². The summed E-state index contributed by atoms with van der Waals surface area (Å²) in [5.41, 5.74) is 1.23. The molecule has 0 spiro atoms. The lowest BCUT2D eigenvalue weighted by atomic mass is 10.2. The number of nitrogens with one attached hydrogen (secondary N) is 2. The van der Waals surface area contributed by atoms with Crippen LogP contribution in [0, 0.1) is 0 Å². The van der Waals surface area contributed by atoms with Gasteiger partial charge in [-0.3, -0.25) is 14.5 Å². The summed E-state index contributed by atoms with van der Waals surface area (Å²) >= 11 is 1.46. The van der Waals surface area contributed by atoms with Gasteiger partial charge in [-0.2, -0.15) is 0 Å². The number of fused-ring (bicyclic) bond motifs is 1. The summed E-state index contributed by atoms with van der Waals surface area (Å²) in [5, 5.41) is 7.40. The van der Waals surface area contributed by atoms with Gasteiger partial charge in [0.15, 0.2) is 0 Å². The molecule has 2 amide bonds. The maximum Gasteiger partial charge on any atom is 0.254 e. The van der Waals surface area contributed by atoms with Gasteiger partial charge >= 0.3 is 0 Å². The van der Waals surface area contributed by atoms with Crippen LogP contribution >= 0.6 is 11.3 Å². The fourth-order valence-corrected chi connectivity index (χ4v) is 4.26. The lowest BCUT2D eigenvalue weighted by Gasteiger charge is -2.35. The number of rotatable bonds is 6. The molecule has 2 aromatic rings. The summed E-state index contributed by atoms with van der Waals surface area (Å²) < 4.78 is 6.41. The van der Waals surface area contributed by atoms with Gasteiger partial charge in [-0.1, -0.05) is 0 Å². The zero-order valence-electron chi connectivity index (χ0n) is 16.7. The van der Waals surface area contributed by atoms with Crippen molar-refractivity contribution >= 4 is 39.2 Å². The van der Waals surface area contributed by atoms with Crippen LogP contribution in [0.5, 0.6) is 5.75 Å².